The van der Waals surface area contributed by atoms with Gasteiger partial charge in [0.1, 0.15) is 0 Å². The van der Waals surface area contributed by atoms with Crippen LogP contribution in [0.1, 0.15) is 20.8 Å². The summed E-state index contributed by atoms with van der Waals surface area (Å²) in [5.41, 5.74) is 5.56. The van der Waals surface area contributed by atoms with Crippen molar-refractivity contribution in [2.45, 2.75) is 39.1 Å². The molecule has 0 saturated heterocycles. The van der Waals surface area contributed by atoms with Gasteiger partial charge in [0.25, 0.3) is 0 Å². The molecular weight excluding hydrogens is 246 g/mol. The third kappa shape index (κ3) is 11.3. The molecule has 6 nitrogen and oxygen atoms in total. The van der Waals surface area contributed by atoms with E-state index in [9.17, 15) is 15.3 Å². The van der Waals surface area contributed by atoms with Gasteiger partial charge in [-0.1, -0.05) is 0 Å². The first-order valence-electron chi connectivity index (χ1n) is 7.04. The summed E-state index contributed by atoms with van der Waals surface area (Å²) >= 11 is 0. The van der Waals surface area contributed by atoms with E-state index in [1.54, 1.807) is 20.8 Å². The second-order valence-corrected chi connectivity index (χ2v) is 5.40. The Balaban J connectivity index is 4.22. The summed E-state index contributed by atoms with van der Waals surface area (Å²) in [4.78, 5) is 4.13. The molecule has 5 N–H and O–H groups in total. The number of nitrogens with zero attached hydrogens (tertiary/aromatic N) is 2. The molecule has 0 aromatic rings. The zero-order chi connectivity index (χ0) is 14.8. The monoisotopic (exact) mass is 277 g/mol. The predicted octanol–water partition coefficient (Wildman–Crippen LogP) is -1.31. The van der Waals surface area contributed by atoms with E-state index in [1.807, 2.05) is 4.90 Å². The molecule has 0 aliphatic carbocycles. The van der Waals surface area contributed by atoms with Crippen molar-refractivity contribution in [1.29, 1.82) is 0 Å². The molecule has 0 aromatic carbocycles. The Morgan fingerprint density at radius 2 is 1.11 bits per heavy atom. The van der Waals surface area contributed by atoms with Crippen LogP contribution < -0.4 is 5.73 Å². The van der Waals surface area contributed by atoms with Crippen molar-refractivity contribution >= 4 is 0 Å². The van der Waals surface area contributed by atoms with Crippen LogP contribution in [-0.4, -0.2) is 89.2 Å². The van der Waals surface area contributed by atoms with Gasteiger partial charge < -0.3 is 21.1 Å². The number of nitrogens with two attached hydrogens (primary N) is 1. The lowest BCUT2D eigenvalue weighted by Gasteiger charge is -2.29. The van der Waals surface area contributed by atoms with E-state index in [1.165, 1.54) is 0 Å². The van der Waals surface area contributed by atoms with Gasteiger partial charge in [-0.25, -0.2) is 0 Å². The van der Waals surface area contributed by atoms with E-state index in [2.05, 4.69) is 4.90 Å². The summed E-state index contributed by atoms with van der Waals surface area (Å²) in [6.45, 7) is 9.70. The molecular formula is C13H31N3O3. The average molecular weight is 277 g/mol. The van der Waals surface area contributed by atoms with Crippen LogP contribution in [0.5, 0.6) is 0 Å². The van der Waals surface area contributed by atoms with E-state index >= 15 is 0 Å². The molecule has 0 rings (SSSR count). The van der Waals surface area contributed by atoms with Crippen LogP contribution in [0.25, 0.3) is 0 Å². The highest BCUT2D eigenvalue weighted by molar-refractivity contribution is 4.69. The molecule has 0 aliphatic heterocycles. The molecule has 0 heterocycles. The lowest BCUT2D eigenvalue weighted by Crippen LogP contribution is -2.44. The predicted molar refractivity (Wildman–Crippen MR) is 77.0 cm³/mol. The standard InChI is InChI=1S/C13H31N3O3/c1-11(17)8-15(5-4-14)6-7-16(9-12(2)18)10-13(3)19/h11-13,17-19H,4-10,14H2,1-3H3. The molecule has 0 radical (unpaired) electrons. The van der Waals surface area contributed by atoms with Gasteiger partial charge >= 0.3 is 0 Å². The minimum atomic E-state index is -0.418. The Hall–Kier alpha value is -0.240. The van der Waals surface area contributed by atoms with Crippen LogP contribution in [0.2, 0.25) is 0 Å². The average Bonchev–Trinajstić information content (AvgIpc) is 2.23. The second-order valence-electron chi connectivity index (χ2n) is 5.40. The van der Waals surface area contributed by atoms with Crippen LogP contribution >= 0.6 is 0 Å². The van der Waals surface area contributed by atoms with Crippen LogP contribution in [0, 0.1) is 0 Å². The van der Waals surface area contributed by atoms with Gasteiger partial charge in [-0.3, -0.25) is 9.80 Å². The Labute approximate surface area is 116 Å². The molecule has 0 saturated carbocycles. The van der Waals surface area contributed by atoms with Crippen molar-refractivity contribution in [1.82, 2.24) is 9.80 Å². The Morgan fingerprint density at radius 3 is 1.47 bits per heavy atom. The van der Waals surface area contributed by atoms with Crippen molar-refractivity contribution < 1.29 is 15.3 Å². The molecule has 6 heteroatoms. The van der Waals surface area contributed by atoms with Crippen LogP contribution in [0.15, 0.2) is 0 Å². The number of aliphatic hydroxyl groups is 3. The topological polar surface area (TPSA) is 93.2 Å². The second kappa shape index (κ2) is 10.5. The van der Waals surface area contributed by atoms with Crippen molar-refractivity contribution in [2.75, 3.05) is 45.8 Å². The van der Waals surface area contributed by atoms with Crippen LogP contribution in [0.3, 0.4) is 0 Å². The first kappa shape index (κ1) is 18.8. The zero-order valence-corrected chi connectivity index (χ0v) is 12.5. The summed E-state index contributed by atoms with van der Waals surface area (Å²) in [5, 5.41) is 28.3. The van der Waals surface area contributed by atoms with E-state index in [0.29, 0.717) is 26.2 Å². The minimum absolute atomic E-state index is 0.381. The fraction of sp³-hybridized carbons (Fsp3) is 1.00. The van der Waals surface area contributed by atoms with Crippen molar-refractivity contribution in [3.05, 3.63) is 0 Å². The largest absolute Gasteiger partial charge is 0.392 e. The van der Waals surface area contributed by atoms with Crippen LogP contribution in [-0.2, 0) is 0 Å². The normalized spacial score (nSPS) is 16.9. The molecule has 3 atom stereocenters. The van der Waals surface area contributed by atoms with Crippen LogP contribution in [0.4, 0.5) is 0 Å². The molecule has 0 amide bonds. The van der Waals surface area contributed by atoms with Crippen molar-refractivity contribution in [2.24, 2.45) is 5.73 Å². The van der Waals surface area contributed by atoms with Gasteiger partial charge in [-0.05, 0) is 20.8 Å². The lowest BCUT2D eigenvalue weighted by molar-refractivity contribution is 0.0689. The van der Waals surface area contributed by atoms with Gasteiger partial charge in [0.15, 0.2) is 0 Å². The molecule has 0 aliphatic rings. The van der Waals surface area contributed by atoms with Gasteiger partial charge in [-0.15, -0.1) is 0 Å². The molecule has 19 heavy (non-hydrogen) atoms. The SMILES string of the molecule is CC(O)CN(CCN)CCN(CC(C)O)CC(C)O. The maximum Gasteiger partial charge on any atom is 0.0639 e. The maximum absolute atomic E-state index is 9.45. The van der Waals surface area contributed by atoms with E-state index < -0.39 is 12.2 Å². The van der Waals surface area contributed by atoms with E-state index in [-0.39, 0.29) is 6.10 Å². The molecule has 0 bridgehead atoms. The summed E-state index contributed by atoms with van der Waals surface area (Å²) in [6.07, 6.45) is -1.22. The Morgan fingerprint density at radius 1 is 0.737 bits per heavy atom. The van der Waals surface area contributed by atoms with Gasteiger partial charge in [0, 0.05) is 45.8 Å². The number of hydrogen-bond acceptors (Lipinski definition) is 6. The zero-order valence-electron chi connectivity index (χ0n) is 12.5. The summed E-state index contributed by atoms with van der Waals surface area (Å²) in [6, 6.07) is 0. The first-order chi connectivity index (χ1) is 8.85. The first-order valence-corrected chi connectivity index (χ1v) is 7.04. The summed E-state index contributed by atoms with van der Waals surface area (Å²) < 4.78 is 0. The molecule has 3 unspecified atom stereocenters. The third-order valence-corrected chi connectivity index (χ3v) is 2.75. The van der Waals surface area contributed by atoms with E-state index in [4.69, 9.17) is 5.73 Å². The maximum atomic E-state index is 9.45. The number of hydrogen-bond donors (Lipinski definition) is 4. The molecule has 0 fully saturated rings. The number of aliphatic hydroxyl groups excluding tert-OH is 3. The quantitative estimate of drug-likeness (QED) is 0.375. The highest BCUT2D eigenvalue weighted by Crippen LogP contribution is 1.98. The lowest BCUT2D eigenvalue weighted by atomic mass is 10.3. The third-order valence-electron chi connectivity index (χ3n) is 2.75. The minimum Gasteiger partial charge on any atom is -0.392 e. The summed E-state index contributed by atoms with van der Waals surface area (Å²) in [7, 11) is 0. The molecule has 116 valence electrons. The van der Waals surface area contributed by atoms with Crippen molar-refractivity contribution in [3.63, 3.8) is 0 Å². The Bertz CT molecular complexity index is 203. The fourth-order valence-electron chi connectivity index (χ4n) is 2.14. The number of rotatable bonds is 11. The fourth-order valence-corrected chi connectivity index (χ4v) is 2.14. The van der Waals surface area contributed by atoms with E-state index in [0.717, 1.165) is 19.6 Å². The molecule has 0 spiro atoms. The smallest absolute Gasteiger partial charge is 0.0639 e. The highest BCUT2D eigenvalue weighted by Gasteiger charge is 2.14. The molecule has 0 aromatic heterocycles. The Kier molecular flexibility index (Phi) is 10.4. The van der Waals surface area contributed by atoms with Crippen molar-refractivity contribution in [3.8, 4) is 0 Å². The highest BCUT2D eigenvalue weighted by atomic mass is 16.3. The van der Waals surface area contributed by atoms with Gasteiger partial charge in [0.05, 0.1) is 18.3 Å². The van der Waals surface area contributed by atoms with Gasteiger partial charge in [-0.2, -0.15) is 0 Å². The van der Waals surface area contributed by atoms with Gasteiger partial charge in [0.2, 0.25) is 0 Å². The summed E-state index contributed by atoms with van der Waals surface area (Å²) in [5.74, 6) is 0.